The Morgan fingerprint density at radius 2 is 1.93 bits per heavy atom. The zero-order valence-electron chi connectivity index (χ0n) is 9.62. The lowest BCUT2D eigenvalue weighted by Gasteiger charge is -2.22. The van der Waals surface area contributed by atoms with Crippen molar-refractivity contribution in [2.75, 3.05) is 0 Å². The number of rotatable bonds is 1. The molecule has 1 aromatic heterocycles. The summed E-state index contributed by atoms with van der Waals surface area (Å²) < 4.78 is 2.30. The maximum Gasteiger partial charge on any atom is 0.0485 e. The zero-order valence-corrected chi connectivity index (χ0v) is 9.62. The molecule has 0 radical (unpaired) electrons. The third-order valence-corrected chi connectivity index (χ3v) is 2.67. The number of hydrogen-bond donors (Lipinski definition) is 0. The molecule has 0 aliphatic rings. The molecular formula is C14H17N. The molecule has 0 fully saturated rings. The number of nitrogens with zero attached hydrogens (tertiary/aromatic N) is 1. The topological polar surface area (TPSA) is 4.93 Å². The van der Waals surface area contributed by atoms with Crippen molar-refractivity contribution in [3.63, 3.8) is 0 Å². The van der Waals surface area contributed by atoms with E-state index < -0.39 is 0 Å². The molecule has 1 nitrogen and oxygen atoms in total. The monoisotopic (exact) mass is 199 g/mol. The summed E-state index contributed by atoms with van der Waals surface area (Å²) in [5, 5.41) is 1.28. The van der Waals surface area contributed by atoms with Crippen LogP contribution in [0.5, 0.6) is 0 Å². The van der Waals surface area contributed by atoms with Crippen LogP contribution >= 0.6 is 0 Å². The summed E-state index contributed by atoms with van der Waals surface area (Å²) in [5.74, 6) is 0. The molecule has 2 rings (SSSR count). The van der Waals surface area contributed by atoms with Gasteiger partial charge in [-0.25, -0.2) is 0 Å². The molecule has 0 spiro atoms. The van der Waals surface area contributed by atoms with Gasteiger partial charge in [-0.05, 0) is 44.5 Å². The van der Waals surface area contributed by atoms with Crippen LogP contribution in [0.1, 0.15) is 26.3 Å². The summed E-state index contributed by atoms with van der Waals surface area (Å²) in [5.41, 5.74) is 2.60. The van der Waals surface area contributed by atoms with E-state index in [-0.39, 0.29) is 5.54 Å². The van der Waals surface area contributed by atoms with Crippen LogP contribution in [0.2, 0.25) is 0 Å². The summed E-state index contributed by atoms with van der Waals surface area (Å²) in [6.45, 7) is 10.4. The second kappa shape index (κ2) is 3.27. The molecule has 15 heavy (non-hydrogen) atoms. The highest BCUT2D eigenvalue weighted by Crippen LogP contribution is 2.24. The minimum atomic E-state index is 0.136. The van der Waals surface area contributed by atoms with Gasteiger partial charge in [-0.1, -0.05) is 18.7 Å². The fourth-order valence-electron chi connectivity index (χ4n) is 1.87. The maximum atomic E-state index is 3.79. The minimum absolute atomic E-state index is 0.136. The highest BCUT2D eigenvalue weighted by Gasteiger charge is 2.14. The molecule has 0 saturated carbocycles. The molecule has 1 heteroatoms. The van der Waals surface area contributed by atoms with Crippen LogP contribution in [0.15, 0.2) is 37.0 Å². The first-order valence-corrected chi connectivity index (χ1v) is 5.26. The number of benzene rings is 1. The van der Waals surface area contributed by atoms with Crippen LogP contribution in [0.4, 0.5) is 0 Å². The van der Waals surface area contributed by atoms with Crippen molar-refractivity contribution in [3.05, 3.63) is 42.6 Å². The molecule has 1 heterocycles. The van der Waals surface area contributed by atoms with Crippen LogP contribution < -0.4 is 0 Å². The molecule has 0 atom stereocenters. The van der Waals surface area contributed by atoms with Gasteiger partial charge in [0.25, 0.3) is 0 Å². The average molecular weight is 199 g/mol. The third-order valence-electron chi connectivity index (χ3n) is 2.67. The predicted octanol–water partition coefficient (Wildman–Crippen LogP) is 4.04. The lowest BCUT2D eigenvalue weighted by molar-refractivity contribution is 0.411. The van der Waals surface area contributed by atoms with E-state index in [4.69, 9.17) is 0 Å². The third kappa shape index (κ3) is 1.70. The van der Waals surface area contributed by atoms with E-state index in [0.29, 0.717) is 0 Å². The summed E-state index contributed by atoms with van der Waals surface area (Å²) in [6, 6.07) is 8.60. The van der Waals surface area contributed by atoms with Gasteiger partial charge in [-0.3, -0.25) is 0 Å². The smallest absolute Gasteiger partial charge is 0.0485 e. The fourth-order valence-corrected chi connectivity index (χ4v) is 1.87. The minimum Gasteiger partial charge on any atom is -0.342 e. The summed E-state index contributed by atoms with van der Waals surface area (Å²) in [7, 11) is 0. The Morgan fingerprint density at radius 3 is 2.53 bits per heavy atom. The van der Waals surface area contributed by atoms with Crippen molar-refractivity contribution >= 4 is 17.0 Å². The van der Waals surface area contributed by atoms with E-state index in [0.717, 1.165) is 0 Å². The Bertz CT molecular complexity index is 498. The maximum absolute atomic E-state index is 3.79. The van der Waals surface area contributed by atoms with Crippen molar-refractivity contribution < 1.29 is 0 Å². The van der Waals surface area contributed by atoms with Gasteiger partial charge >= 0.3 is 0 Å². The van der Waals surface area contributed by atoms with Crippen molar-refractivity contribution in [2.24, 2.45) is 0 Å². The van der Waals surface area contributed by atoms with E-state index in [2.05, 4.69) is 62.4 Å². The lowest BCUT2D eigenvalue weighted by atomic mass is 10.1. The number of hydrogen-bond acceptors (Lipinski definition) is 0. The van der Waals surface area contributed by atoms with Gasteiger partial charge < -0.3 is 4.57 Å². The van der Waals surface area contributed by atoms with Gasteiger partial charge in [-0.15, -0.1) is 0 Å². The van der Waals surface area contributed by atoms with Crippen LogP contribution in [0, 0.1) is 0 Å². The Balaban J connectivity index is 2.67. The molecule has 0 bridgehead atoms. The van der Waals surface area contributed by atoms with E-state index in [1.54, 1.807) is 0 Å². The molecule has 0 unspecified atom stereocenters. The largest absolute Gasteiger partial charge is 0.342 e. The molecule has 0 saturated heterocycles. The predicted molar refractivity (Wildman–Crippen MR) is 67.0 cm³/mol. The Hall–Kier alpha value is -1.50. The first-order chi connectivity index (χ1) is 7.02. The first kappa shape index (κ1) is 10.0. The van der Waals surface area contributed by atoms with Gasteiger partial charge in [0.1, 0.15) is 0 Å². The van der Waals surface area contributed by atoms with Crippen molar-refractivity contribution in [1.29, 1.82) is 0 Å². The standard InChI is InChI=1S/C14H17N/c1-5-11-6-7-13-12(10-11)8-9-15(13)14(2,3)4/h5-10H,1H2,2-4H3. The summed E-state index contributed by atoms with van der Waals surface area (Å²) in [4.78, 5) is 0. The van der Waals surface area contributed by atoms with Crippen molar-refractivity contribution in [3.8, 4) is 0 Å². The second-order valence-corrected chi connectivity index (χ2v) is 4.88. The molecule has 0 aliphatic carbocycles. The molecule has 78 valence electrons. The van der Waals surface area contributed by atoms with E-state index >= 15 is 0 Å². The molecule has 0 aliphatic heterocycles. The normalized spacial score (nSPS) is 11.9. The molecular weight excluding hydrogens is 182 g/mol. The van der Waals surface area contributed by atoms with Gasteiger partial charge in [-0.2, -0.15) is 0 Å². The quantitative estimate of drug-likeness (QED) is 0.653. The lowest BCUT2D eigenvalue weighted by Crippen LogP contribution is -2.20. The first-order valence-electron chi connectivity index (χ1n) is 5.26. The fraction of sp³-hybridized carbons (Fsp3) is 0.286. The SMILES string of the molecule is C=Cc1ccc2c(ccn2C(C)(C)C)c1. The van der Waals surface area contributed by atoms with E-state index in [9.17, 15) is 0 Å². The number of fused-ring (bicyclic) bond motifs is 1. The molecule has 1 aromatic carbocycles. The second-order valence-electron chi connectivity index (χ2n) is 4.88. The van der Waals surface area contributed by atoms with Gasteiger partial charge in [0.2, 0.25) is 0 Å². The average Bonchev–Trinajstić information content (AvgIpc) is 2.59. The molecule has 0 N–H and O–H groups in total. The summed E-state index contributed by atoms with van der Waals surface area (Å²) in [6.07, 6.45) is 4.03. The van der Waals surface area contributed by atoms with Gasteiger partial charge in [0.15, 0.2) is 0 Å². The van der Waals surface area contributed by atoms with Crippen LogP contribution in [-0.4, -0.2) is 4.57 Å². The Morgan fingerprint density at radius 1 is 1.20 bits per heavy atom. The van der Waals surface area contributed by atoms with Crippen LogP contribution in [0.25, 0.3) is 17.0 Å². The Labute approximate surface area is 91.0 Å². The summed E-state index contributed by atoms with van der Waals surface area (Å²) >= 11 is 0. The molecule has 0 amide bonds. The van der Waals surface area contributed by atoms with Crippen LogP contribution in [0.3, 0.4) is 0 Å². The zero-order chi connectivity index (χ0) is 11.1. The van der Waals surface area contributed by atoms with E-state index in [1.165, 1.54) is 16.5 Å². The molecule has 2 aromatic rings. The highest BCUT2D eigenvalue weighted by molar-refractivity contribution is 5.82. The van der Waals surface area contributed by atoms with Gasteiger partial charge in [0.05, 0.1) is 0 Å². The Kier molecular flexibility index (Phi) is 2.18. The number of aromatic nitrogens is 1. The van der Waals surface area contributed by atoms with Crippen molar-refractivity contribution in [1.82, 2.24) is 4.57 Å². The van der Waals surface area contributed by atoms with Crippen molar-refractivity contribution in [2.45, 2.75) is 26.3 Å². The highest BCUT2D eigenvalue weighted by atomic mass is 15.0. The van der Waals surface area contributed by atoms with Crippen LogP contribution in [-0.2, 0) is 5.54 Å². The van der Waals surface area contributed by atoms with Gasteiger partial charge in [0, 0.05) is 22.6 Å². The van der Waals surface area contributed by atoms with E-state index in [1.807, 2.05) is 6.08 Å².